The molecule has 0 atom stereocenters. The molecule has 20 heavy (non-hydrogen) atoms. The van der Waals surface area contributed by atoms with Crippen molar-refractivity contribution >= 4 is 27.2 Å². The van der Waals surface area contributed by atoms with Gasteiger partial charge in [-0.3, -0.25) is 0 Å². The van der Waals surface area contributed by atoms with Gasteiger partial charge in [-0.1, -0.05) is 0 Å². The Labute approximate surface area is 119 Å². The van der Waals surface area contributed by atoms with Gasteiger partial charge in [0.15, 0.2) is 0 Å². The van der Waals surface area contributed by atoms with E-state index in [0.29, 0.717) is 16.8 Å². The lowest BCUT2D eigenvalue weighted by atomic mass is 10.1. The Hall–Kier alpha value is -1.89. The van der Waals surface area contributed by atoms with E-state index >= 15 is 0 Å². The number of hydrogen-bond acceptors (Lipinski definition) is 3. The molecule has 0 spiro atoms. The highest BCUT2D eigenvalue weighted by Gasteiger charge is 2.30. The van der Waals surface area contributed by atoms with E-state index < -0.39 is 11.7 Å². The van der Waals surface area contributed by atoms with E-state index in [9.17, 15) is 13.2 Å². The molecule has 0 unspecified atom stereocenters. The summed E-state index contributed by atoms with van der Waals surface area (Å²) >= 11 is 3.26. The van der Waals surface area contributed by atoms with Gasteiger partial charge in [-0.05, 0) is 46.3 Å². The number of fused-ring (bicyclic) bond motifs is 1. The van der Waals surface area contributed by atoms with E-state index in [2.05, 4.69) is 25.9 Å². The van der Waals surface area contributed by atoms with Crippen LogP contribution in [0.5, 0.6) is 0 Å². The lowest BCUT2D eigenvalue weighted by Gasteiger charge is -2.05. The number of hydrogen-bond donors (Lipinski definition) is 0. The molecule has 0 fully saturated rings. The Balaban J connectivity index is 2.02. The van der Waals surface area contributed by atoms with Crippen LogP contribution in [0.25, 0.3) is 22.7 Å². The van der Waals surface area contributed by atoms with E-state index in [-0.39, 0.29) is 5.89 Å². The van der Waals surface area contributed by atoms with Crippen LogP contribution in [0.2, 0.25) is 0 Å². The third-order valence-electron chi connectivity index (χ3n) is 2.67. The van der Waals surface area contributed by atoms with Gasteiger partial charge < -0.3 is 4.42 Å². The second kappa shape index (κ2) is 4.59. The summed E-state index contributed by atoms with van der Waals surface area (Å²) in [5.41, 5.74) is 0.628. The third kappa shape index (κ3) is 2.40. The van der Waals surface area contributed by atoms with Crippen molar-refractivity contribution in [2.24, 2.45) is 0 Å². The van der Waals surface area contributed by atoms with Crippen LogP contribution in [0.4, 0.5) is 13.2 Å². The van der Waals surface area contributed by atoms with Gasteiger partial charge in [-0.2, -0.15) is 13.2 Å². The predicted molar refractivity (Wildman–Crippen MR) is 69.9 cm³/mol. The first-order valence-corrected chi connectivity index (χ1v) is 6.32. The van der Waals surface area contributed by atoms with Crippen molar-refractivity contribution in [3.05, 3.63) is 46.6 Å². The SMILES string of the molecule is FC(F)(F)c1ccc(-c2nc3cc(Br)cnc3o2)cc1. The maximum absolute atomic E-state index is 12.5. The van der Waals surface area contributed by atoms with E-state index in [1.54, 1.807) is 12.3 Å². The maximum atomic E-state index is 12.5. The second-order valence-corrected chi connectivity index (χ2v) is 4.99. The molecule has 0 saturated carbocycles. The standard InChI is InChI=1S/C13H6BrF3N2O/c14-9-5-10-12(18-6-9)20-11(19-10)7-1-3-8(4-2-7)13(15,16)17/h1-6H. The smallest absolute Gasteiger partial charge is 0.416 e. The number of oxazole rings is 1. The minimum atomic E-state index is -4.35. The van der Waals surface area contributed by atoms with E-state index in [0.717, 1.165) is 16.6 Å². The molecule has 0 aliphatic carbocycles. The first kappa shape index (κ1) is 13.1. The number of nitrogens with zero attached hydrogens (tertiary/aromatic N) is 2. The molecule has 0 aliphatic heterocycles. The average Bonchev–Trinajstić information content (AvgIpc) is 2.80. The first-order chi connectivity index (χ1) is 9.43. The molecule has 3 aromatic rings. The highest BCUT2D eigenvalue weighted by atomic mass is 79.9. The Morgan fingerprint density at radius 3 is 2.45 bits per heavy atom. The molecule has 0 saturated heterocycles. The number of benzene rings is 1. The molecule has 1 aromatic carbocycles. The summed E-state index contributed by atoms with van der Waals surface area (Å²) in [6.07, 6.45) is -2.80. The fourth-order valence-electron chi connectivity index (χ4n) is 1.72. The van der Waals surface area contributed by atoms with Crippen LogP contribution in [0.1, 0.15) is 5.56 Å². The summed E-state index contributed by atoms with van der Waals surface area (Å²) in [6.45, 7) is 0. The fourth-order valence-corrected chi connectivity index (χ4v) is 2.04. The summed E-state index contributed by atoms with van der Waals surface area (Å²) in [4.78, 5) is 8.22. The van der Waals surface area contributed by atoms with Crippen molar-refractivity contribution < 1.29 is 17.6 Å². The van der Waals surface area contributed by atoms with Crippen molar-refractivity contribution in [1.82, 2.24) is 9.97 Å². The minimum absolute atomic E-state index is 0.235. The number of rotatable bonds is 1. The van der Waals surface area contributed by atoms with Crippen molar-refractivity contribution in [3.63, 3.8) is 0 Å². The zero-order chi connectivity index (χ0) is 14.3. The predicted octanol–water partition coefficient (Wildman–Crippen LogP) is 4.67. The van der Waals surface area contributed by atoms with Gasteiger partial charge in [-0.15, -0.1) is 0 Å². The molecular formula is C13H6BrF3N2O. The molecule has 3 rings (SSSR count). The number of pyridine rings is 1. The second-order valence-electron chi connectivity index (χ2n) is 4.07. The molecule has 7 heteroatoms. The molecule has 0 bridgehead atoms. The van der Waals surface area contributed by atoms with Gasteiger partial charge in [0.1, 0.15) is 5.52 Å². The highest BCUT2D eigenvalue weighted by molar-refractivity contribution is 9.10. The van der Waals surface area contributed by atoms with Crippen molar-refractivity contribution in [2.75, 3.05) is 0 Å². The van der Waals surface area contributed by atoms with Gasteiger partial charge in [0, 0.05) is 16.2 Å². The largest absolute Gasteiger partial charge is 0.418 e. The molecule has 102 valence electrons. The van der Waals surface area contributed by atoms with Crippen LogP contribution < -0.4 is 0 Å². The summed E-state index contributed by atoms with van der Waals surface area (Å²) < 4.78 is 43.6. The molecule has 0 N–H and O–H groups in total. The van der Waals surface area contributed by atoms with Crippen LogP contribution >= 0.6 is 15.9 Å². The topological polar surface area (TPSA) is 38.9 Å². The number of alkyl halides is 3. The van der Waals surface area contributed by atoms with Gasteiger partial charge in [0.05, 0.1) is 5.56 Å². The normalized spacial score (nSPS) is 12.0. The quantitative estimate of drug-likeness (QED) is 0.645. The average molecular weight is 343 g/mol. The zero-order valence-electron chi connectivity index (χ0n) is 9.78. The Bertz CT molecular complexity index is 765. The van der Waals surface area contributed by atoms with E-state index in [4.69, 9.17) is 4.42 Å². The van der Waals surface area contributed by atoms with Gasteiger partial charge >= 0.3 is 6.18 Å². The number of halogens is 4. The van der Waals surface area contributed by atoms with Crippen LogP contribution in [-0.4, -0.2) is 9.97 Å². The summed E-state index contributed by atoms with van der Waals surface area (Å²) in [7, 11) is 0. The maximum Gasteiger partial charge on any atom is 0.416 e. The summed E-state index contributed by atoms with van der Waals surface area (Å²) in [5, 5.41) is 0. The zero-order valence-corrected chi connectivity index (χ0v) is 11.4. The molecular weight excluding hydrogens is 337 g/mol. The first-order valence-electron chi connectivity index (χ1n) is 5.53. The Morgan fingerprint density at radius 1 is 1.10 bits per heavy atom. The molecule has 0 amide bonds. The molecule has 0 aliphatic rings. The van der Waals surface area contributed by atoms with Crippen molar-refractivity contribution in [2.45, 2.75) is 6.18 Å². The third-order valence-corrected chi connectivity index (χ3v) is 3.11. The summed E-state index contributed by atoms with van der Waals surface area (Å²) in [5.74, 6) is 0.235. The fraction of sp³-hybridized carbons (Fsp3) is 0.0769. The Morgan fingerprint density at radius 2 is 1.80 bits per heavy atom. The monoisotopic (exact) mass is 342 g/mol. The van der Waals surface area contributed by atoms with Crippen molar-refractivity contribution in [1.29, 1.82) is 0 Å². The van der Waals surface area contributed by atoms with Crippen LogP contribution in [0.15, 0.2) is 45.4 Å². The molecule has 2 aromatic heterocycles. The van der Waals surface area contributed by atoms with E-state index in [1.165, 1.54) is 12.1 Å². The van der Waals surface area contributed by atoms with Crippen LogP contribution in [-0.2, 0) is 6.18 Å². The van der Waals surface area contributed by atoms with Crippen molar-refractivity contribution in [3.8, 4) is 11.5 Å². The highest BCUT2D eigenvalue weighted by Crippen LogP contribution is 2.31. The lowest BCUT2D eigenvalue weighted by molar-refractivity contribution is -0.137. The molecule has 2 heterocycles. The van der Waals surface area contributed by atoms with Gasteiger partial charge in [0.25, 0.3) is 0 Å². The van der Waals surface area contributed by atoms with Crippen LogP contribution in [0.3, 0.4) is 0 Å². The minimum Gasteiger partial charge on any atom is -0.418 e. The van der Waals surface area contributed by atoms with Crippen LogP contribution in [0, 0.1) is 0 Å². The number of aromatic nitrogens is 2. The Kier molecular flexibility index (Phi) is 3.01. The molecule has 3 nitrogen and oxygen atoms in total. The summed E-state index contributed by atoms with van der Waals surface area (Å²) in [6, 6.07) is 6.35. The molecule has 0 radical (unpaired) electrons. The lowest BCUT2D eigenvalue weighted by Crippen LogP contribution is -2.03. The van der Waals surface area contributed by atoms with E-state index in [1.807, 2.05) is 0 Å². The van der Waals surface area contributed by atoms with Gasteiger partial charge in [-0.25, -0.2) is 9.97 Å². The van der Waals surface area contributed by atoms with Gasteiger partial charge in [0.2, 0.25) is 11.6 Å².